The smallest absolute Gasteiger partial charge is 0.397 e. The Bertz CT molecular complexity index is 448. The minimum absolute atomic E-state index is 0.174. The van der Waals surface area contributed by atoms with Gasteiger partial charge in [-0.15, -0.1) is 0 Å². The minimum Gasteiger partial charge on any atom is -0.397 e. The molecule has 1 aliphatic heterocycles. The van der Waals surface area contributed by atoms with E-state index in [1.807, 2.05) is 4.90 Å². The number of anilines is 2. The molecule has 0 saturated carbocycles. The van der Waals surface area contributed by atoms with Crippen LogP contribution in [0.4, 0.5) is 24.5 Å². The molecular formula is C13H17F3N2O. The lowest BCUT2D eigenvalue weighted by Crippen LogP contribution is -2.22. The first-order chi connectivity index (χ1) is 8.91. The lowest BCUT2D eigenvalue weighted by Gasteiger charge is -2.21. The van der Waals surface area contributed by atoms with Crippen molar-refractivity contribution >= 4 is 11.4 Å². The molecule has 1 saturated heterocycles. The number of nitrogen functional groups attached to an aromatic ring is 1. The minimum atomic E-state index is -4.35. The van der Waals surface area contributed by atoms with Gasteiger partial charge >= 0.3 is 6.18 Å². The Balaban J connectivity index is 2.14. The molecule has 3 nitrogen and oxygen atoms in total. The number of alkyl halides is 3. The lowest BCUT2D eigenvalue weighted by atomic mass is 10.1. The summed E-state index contributed by atoms with van der Waals surface area (Å²) in [6.45, 7) is 2.23. The summed E-state index contributed by atoms with van der Waals surface area (Å²) in [7, 11) is 1.65. The average Bonchev–Trinajstić information content (AvgIpc) is 2.76. The summed E-state index contributed by atoms with van der Waals surface area (Å²) in [4.78, 5) is 2.01. The van der Waals surface area contributed by atoms with Gasteiger partial charge in [0.25, 0.3) is 0 Å². The van der Waals surface area contributed by atoms with Crippen LogP contribution >= 0.6 is 0 Å². The van der Waals surface area contributed by atoms with Crippen LogP contribution in [0.2, 0.25) is 0 Å². The van der Waals surface area contributed by atoms with Gasteiger partial charge in [0.2, 0.25) is 0 Å². The van der Waals surface area contributed by atoms with Crippen molar-refractivity contribution in [2.24, 2.45) is 5.92 Å². The van der Waals surface area contributed by atoms with Crippen LogP contribution < -0.4 is 10.6 Å². The number of ether oxygens (including phenoxy) is 1. The second-order valence-electron chi connectivity index (χ2n) is 4.83. The van der Waals surface area contributed by atoms with Crippen LogP contribution in [0.1, 0.15) is 12.0 Å². The summed E-state index contributed by atoms with van der Waals surface area (Å²) in [6, 6.07) is 3.53. The molecule has 6 heteroatoms. The molecule has 1 heterocycles. The Hall–Kier alpha value is -1.43. The first-order valence-electron chi connectivity index (χ1n) is 6.12. The second-order valence-corrected chi connectivity index (χ2v) is 4.83. The van der Waals surface area contributed by atoms with Gasteiger partial charge in [-0.1, -0.05) is 0 Å². The predicted octanol–water partition coefficient (Wildman–Crippen LogP) is 2.76. The number of benzene rings is 1. The zero-order valence-electron chi connectivity index (χ0n) is 10.7. The van der Waals surface area contributed by atoms with E-state index in [-0.39, 0.29) is 5.69 Å². The number of nitrogens with two attached hydrogens (primary N) is 1. The molecule has 1 aliphatic rings. The Morgan fingerprint density at radius 2 is 2.16 bits per heavy atom. The maximum absolute atomic E-state index is 12.6. The third-order valence-corrected chi connectivity index (χ3v) is 3.38. The zero-order valence-corrected chi connectivity index (χ0v) is 10.7. The summed E-state index contributed by atoms with van der Waals surface area (Å²) in [6.07, 6.45) is -3.38. The first-order valence-corrected chi connectivity index (χ1v) is 6.12. The van der Waals surface area contributed by atoms with E-state index >= 15 is 0 Å². The van der Waals surface area contributed by atoms with Gasteiger partial charge in [0.1, 0.15) is 0 Å². The van der Waals surface area contributed by atoms with Gasteiger partial charge in [-0.05, 0) is 24.6 Å². The highest BCUT2D eigenvalue weighted by molar-refractivity contribution is 5.69. The maximum atomic E-state index is 12.6. The fourth-order valence-electron chi connectivity index (χ4n) is 2.44. The van der Waals surface area contributed by atoms with Gasteiger partial charge < -0.3 is 15.4 Å². The third-order valence-electron chi connectivity index (χ3n) is 3.38. The molecule has 106 valence electrons. The van der Waals surface area contributed by atoms with Gasteiger partial charge in [0, 0.05) is 26.1 Å². The van der Waals surface area contributed by atoms with Gasteiger partial charge in [0.15, 0.2) is 0 Å². The van der Waals surface area contributed by atoms with E-state index in [1.165, 1.54) is 6.07 Å². The lowest BCUT2D eigenvalue weighted by molar-refractivity contribution is -0.137. The number of halogens is 3. The Labute approximate surface area is 110 Å². The van der Waals surface area contributed by atoms with Gasteiger partial charge in [-0.25, -0.2) is 0 Å². The second kappa shape index (κ2) is 5.28. The van der Waals surface area contributed by atoms with E-state index in [2.05, 4.69) is 0 Å². The van der Waals surface area contributed by atoms with Crippen LogP contribution in [0.3, 0.4) is 0 Å². The highest BCUT2D eigenvalue weighted by atomic mass is 19.4. The van der Waals surface area contributed by atoms with Crippen LogP contribution in [0, 0.1) is 5.92 Å². The summed E-state index contributed by atoms with van der Waals surface area (Å²) in [5.41, 5.74) is 5.88. The largest absolute Gasteiger partial charge is 0.416 e. The SMILES string of the molecule is COCC1CCN(c2ccc(C(F)(F)F)cc2N)C1. The zero-order chi connectivity index (χ0) is 14.0. The van der Waals surface area contributed by atoms with Crippen LogP contribution in [0.25, 0.3) is 0 Å². The van der Waals surface area contributed by atoms with E-state index < -0.39 is 11.7 Å². The fourth-order valence-corrected chi connectivity index (χ4v) is 2.44. The van der Waals surface area contributed by atoms with Crippen LogP contribution in [0.5, 0.6) is 0 Å². The van der Waals surface area contributed by atoms with Crippen molar-refractivity contribution < 1.29 is 17.9 Å². The fraction of sp³-hybridized carbons (Fsp3) is 0.538. The molecule has 1 unspecified atom stereocenters. The van der Waals surface area contributed by atoms with Crippen molar-refractivity contribution in [3.8, 4) is 0 Å². The molecule has 1 aromatic carbocycles. The van der Waals surface area contributed by atoms with Crippen LogP contribution in [-0.2, 0) is 10.9 Å². The van der Waals surface area contributed by atoms with E-state index in [1.54, 1.807) is 7.11 Å². The molecule has 0 radical (unpaired) electrons. The molecule has 1 fully saturated rings. The summed E-state index contributed by atoms with van der Waals surface area (Å²) in [5, 5.41) is 0. The van der Waals surface area contributed by atoms with Crippen molar-refractivity contribution in [1.82, 2.24) is 0 Å². The monoisotopic (exact) mass is 274 g/mol. The molecule has 0 bridgehead atoms. The number of methoxy groups -OCH3 is 1. The highest BCUT2D eigenvalue weighted by Gasteiger charge is 2.31. The number of hydrogen-bond acceptors (Lipinski definition) is 3. The predicted molar refractivity (Wildman–Crippen MR) is 68.1 cm³/mol. The number of hydrogen-bond donors (Lipinski definition) is 1. The summed E-state index contributed by atoms with van der Waals surface area (Å²) < 4.78 is 42.8. The molecule has 0 aromatic heterocycles. The quantitative estimate of drug-likeness (QED) is 0.861. The van der Waals surface area contributed by atoms with Crippen LogP contribution in [0.15, 0.2) is 18.2 Å². The van der Waals surface area contributed by atoms with Crippen molar-refractivity contribution in [3.63, 3.8) is 0 Å². The van der Waals surface area contributed by atoms with E-state index in [0.717, 1.165) is 31.6 Å². The van der Waals surface area contributed by atoms with E-state index in [4.69, 9.17) is 10.5 Å². The van der Waals surface area contributed by atoms with E-state index in [0.29, 0.717) is 18.2 Å². The van der Waals surface area contributed by atoms with Crippen LogP contribution in [-0.4, -0.2) is 26.8 Å². The summed E-state index contributed by atoms with van der Waals surface area (Å²) >= 11 is 0. The van der Waals surface area contributed by atoms with E-state index in [9.17, 15) is 13.2 Å². The molecule has 0 amide bonds. The van der Waals surface area contributed by atoms with Gasteiger partial charge in [-0.3, -0.25) is 0 Å². The Kier molecular flexibility index (Phi) is 3.89. The van der Waals surface area contributed by atoms with Crippen molar-refractivity contribution in [2.75, 3.05) is 37.4 Å². The summed E-state index contributed by atoms with van der Waals surface area (Å²) in [5.74, 6) is 0.409. The molecule has 0 spiro atoms. The highest BCUT2D eigenvalue weighted by Crippen LogP contribution is 2.35. The maximum Gasteiger partial charge on any atom is 0.416 e. The standard InChI is InChI=1S/C13H17F3N2O/c1-19-8-9-4-5-18(7-9)12-3-2-10(6-11(12)17)13(14,15)16/h2-3,6,9H,4-5,7-8,17H2,1H3. The van der Waals surface area contributed by atoms with Gasteiger partial charge in [-0.2, -0.15) is 13.2 Å². The molecule has 2 rings (SSSR count). The third kappa shape index (κ3) is 3.12. The normalized spacial score (nSPS) is 20.0. The molecule has 2 N–H and O–H groups in total. The number of rotatable bonds is 3. The van der Waals surface area contributed by atoms with Crippen molar-refractivity contribution in [3.05, 3.63) is 23.8 Å². The Morgan fingerprint density at radius 1 is 1.42 bits per heavy atom. The van der Waals surface area contributed by atoms with Gasteiger partial charge in [0.05, 0.1) is 23.5 Å². The topological polar surface area (TPSA) is 38.5 Å². The Morgan fingerprint density at radius 3 is 2.74 bits per heavy atom. The van der Waals surface area contributed by atoms with Crippen molar-refractivity contribution in [1.29, 1.82) is 0 Å². The average molecular weight is 274 g/mol. The molecule has 0 aliphatic carbocycles. The number of nitrogens with zero attached hydrogens (tertiary/aromatic N) is 1. The molecule has 19 heavy (non-hydrogen) atoms. The molecule has 1 aromatic rings. The van der Waals surface area contributed by atoms with Crippen molar-refractivity contribution in [2.45, 2.75) is 12.6 Å². The first kappa shape index (κ1) is 14.0. The molecule has 1 atom stereocenters. The molecular weight excluding hydrogens is 257 g/mol.